The van der Waals surface area contributed by atoms with Gasteiger partial charge < -0.3 is 5.32 Å². The molecule has 0 saturated carbocycles. The van der Waals surface area contributed by atoms with E-state index in [2.05, 4.69) is 43.2 Å². The van der Waals surface area contributed by atoms with Crippen molar-refractivity contribution in [3.05, 3.63) is 30.1 Å². The quantitative estimate of drug-likeness (QED) is 0.773. The zero-order chi connectivity index (χ0) is 11.1. The molecule has 0 bridgehead atoms. The van der Waals surface area contributed by atoms with Gasteiger partial charge in [0.05, 0.1) is 0 Å². The minimum absolute atomic E-state index is 0.423. The van der Waals surface area contributed by atoms with Crippen molar-refractivity contribution < 1.29 is 0 Å². The summed E-state index contributed by atoms with van der Waals surface area (Å²) in [5.74, 6) is 0.763. The lowest BCUT2D eigenvalue weighted by atomic mass is 10.0. The van der Waals surface area contributed by atoms with Gasteiger partial charge in [-0.15, -0.1) is 0 Å². The van der Waals surface area contributed by atoms with Crippen LogP contribution < -0.4 is 5.32 Å². The van der Waals surface area contributed by atoms with Gasteiger partial charge >= 0.3 is 0 Å². The normalized spacial score (nSPS) is 14.9. The SMILES string of the molecule is CCC[C@@H](C)CN[C@@H](C)c1ccncc1. The Kier molecular flexibility index (Phi) is 5.33. The minimum atomic E-state index is 0.423. The molecule has 0 aromatic carbocycles. The lowest BCUT2D eigenvalue weighted by Crippen LogP contribution is -2.24. The lowest BCUT2D eigenvalue weighted by molar-refractivity contribution is 0.444. The van der Waals surface area contributed by atoms with E-state index in [1.807, 2.05) is 12.4 Å². The predicted molar refractivity (Wildman–Crippen MR) is 64.7 cm³/mol. The summed E-state index contributed by atoms with van der Waals surface area (Å²) in [6.45, 7) is 7.84. The number of aromatic nitrogens is 1. The Morgan fingerprint density at radius 2 is 1.93 bits per heavy atom. The second-order valence-electron chi connectivity index (χ2n) is 4.30. The minimum Gasteiger partial charge on any atom is -0.310 e. The number of hydrogen-bond donors (Lipinski definition) is 1. The van der Waals surface area contributed by atoms with E-state index >= 15 is 0 Å². The fourth-order valence-electron chi connectivity index (χ4n) is 1.74. The molecule has 0 spiro atoms. The topological polar surface area (TPSA) is 24.9 Å². The van der Waals surface area contributed by atoms with Gasteiger partial charge in [-0.3, -0.25) is 4.98 Å². The highest BCUT2D eigenvalue weighted by Crippen LogP contribution is 2.11. The Balaban J connectivity index is 2.33. The Labute approximate surface area is 93.1 Å². The Morgan fingerprint density at radius 1 is 1.27 bits per heavy atom. The molecule has 1 heterocycles. The molecule has 0 saturated heterocycles. The van der Waals surface area contributed by atoms with E-state index in [0.717, 1.165) is 12.5 Å². The molecule has 0 aliphatic rings. The molecule has 1 aromatic rings. The molecule has 0 aliphatic carbocycles. The molecular weight excluding hydrogens is 184 g/mol. The fourth-order valence-corrected chi connectivity index (χ4v) is 1.74. The van der Waals surface area contributed by atoms with Crippen molar-refractivity contribution >= 4 is 0 Å². The monoisotopic (exact) mass is 206 g/mol. The first kappa shape index (κ1) is 12.2. The summed E-state index contributed by atoms with van der Waals surface area (Å²) in [4.78, 5) is 4.02. The van der Waals surface area contributed by atoms with Crippen molar-refractivity contribution in [2.75, 3.05) is 6.54 Å². The summed E-state index contributed by atoms with van der Waals surface area (Å²) < 4.78 is 0. The first-order chi connectivity index (χ1) is 7.24. The van der Waals surface area contributed by atoms with Gasteiger partial charge in [-0.1, -0.05) is 20.3 Å². The van der Waals surface area contributed by atoms with Crippen LogP contribution in [0.3, 0.4) is 0 Å². The molecule has 2 atom stereocenters. The van der Waals surface area contributed by atoms with Crippen LogP contribution in [0.1, 0.15) is 45.2 Å². The fraction of sp³-hybridized carbons (Fsp3) is 0.615. The van der Waals surface area contributed by atoms with Crippen molar-refractivity contribution in [3.63, 3.8) is 0 Å². The summed E-state index contributed by atoms with van der Waals surface area (Å²) in [6, 6.07) is 4.57. The number of nitrogens with zero attached hydrogens (tertiary/aromatic N) is 1. The van der Waals surface area contributed by atoms with Crippen molar-refractivity contribution in [1.82, 2.24) is 10.3 Å². The second-order valence-corrected chi connectivity index (χ2v) is 4.30. The summed E-state index contributed by atoms with van der Waals surface area (Å²) >= 11 is 0. The van der Waals surface area contributed by atoms with E-state index < -0.39 is 0 Å². The molecule has 1 aromatic heterocycles. The van der Waals surface area contributed by atoms with E-state index in [4.69, 9.17) is 0 Å². The molecule has 0 radical (unpaired) electrons. The van der Waals surface area contributed by atoms with Gasteiger partial charge in [0.1, 0.15) is 0 Å². The molecule has 1 rings (SSSR count). The zero-order valence-electron chi connectivity index (χ0n) is 10.0. The van der Waals surface area contributed by atoms with Gasteiger partial charge in [0, 0.05) is 18.4 Å². The van der Waals surface area contributed by atoms with Crippen LogP contribution in [0.4, 0.5) is 0 Å². The van der Waals surface area contributed by atoms with E-state index in [-0.39, 0.29) is 0 Å². The number of rotatable bonds is 6. The van der Waals surface area contributed by atoms with Crippen LogP contribution in [0, 0.1) is 5.92 Å². The molecular formula is C13H22N2. The third-order valence-electron chi connectivity index (χ3n) is 2.76. The largest absolute Gasteiger partial charge is 0.310 e. The summed E-state index contributed by atoms with van der Waals surface area (Å²) in [6.07, 6.45) is 6.27. The first-order valence-electron chi connectivity index (χ1n) is 5.87. The average Bonchev–Trinajstić information content (AvgIpc) is 2.27. The molecule has 84 valence electrons. The number of nitrogens with one attached hydrogen (secondary N) is 1. The van der Waals surface area contributed by atoms with E-state index in [9.17, 15) is 0 Å². The van der Waals surface area contributed by atoms with Crippen LogP contribution in [-0.4, -0.2) is 11.5 Å². The maximum atomic E-state index is 4.02. The molecule has 0 amide bonds. The molecule has 0 aliphatic heterocycles. The van der Waals surface area contributed by atoms with E-state index in [0.29, 0.717) is 6.04 Å². The van der Waals surface area contributed by atoms with Gasteiger partial charge in [0.15, 0.2) is 0 Å². The third kappa shape index (κ3) is 4.43. The zero-order valence-corrected chi connectivity index (χ0v) is 10.0. The highest BCUT2D eigenvalue weighted by Gasteiger charge is 2.06. The van der Waals surface area contributed by atoms with Gasteiger partial charge in [-0.2, -0.15) is 0 Å². The summed E-state index contributed by atoms with van der Waals surface area (Å²) in [5, 5.41) is 3.56. The second kappa shape index (κ2) is 6.57. The van der Waals surface area contributed by atoms with E-state index in [1.54, 1.807) is 0 Å². The van der Waals surface area contributed by atoms with Gasteiger partial charge in [-0.05, 0) is 43.5 Å². The summed E-state index contributed by atoms with van der Waals surface area (Å²) in [7, 11) is 0. The van der Waals surface area contributed by atoms with Crippen molar-refractivity contribution in [2.24, 2.45) is 5.92 Å². The van der Waals surface area contributed by atoms with Crippen molar-refractivity contribution in [3.8, 4) is 0 Å². The molecule has 15 heavy (non-hydrogen) atoms. The van der Waals surface area contributed by atoms with Crippen molar-refractivity contribution in [1.29, 1.82) is 0 Å². The number of hydrogen-bond acceptors (Lipinski definition) is 2. The standard InChI is InChI=1S/C13H22N2/c1-4-5-11(2)10-15-12(3)13-6-8-14-9-7-13/h6-9,11-12,15H,4-5,10H2,1-3H3/t11-,12+/m1/s1. The van der Waals surface area contributed by atoms with Crippen LogP contribution in [0.2, 0.25) is 0 Å². The Hall–Kier alpha value is -0.890. The van der Waals surface area contributed by atoms with Crippen LogP contribution >= 0.6 is 0 Å². The van der Waals surface area contributed by atoms with Crippen LogP contribution in [0.15, 0.2) is 24.5 Å². The molecule has 1 N–H and O–H groups in total. The first-order valence-corrected chi connectivity index (χ1v) is 5.87. The van der Waals surface area contributed by atoms with Crippen molar-refractivity contribution in [2.45, 2.75) is 39.7 Å². The third-order valence-corrected chi connectivity index (χ3v) is 2.76. The highest BCUT2D eigenvalue weighted by atomic mass is 14.9. The molecule has 2 nitrogen and oxygen atoms in total. The maximum absolute atomic E-state index is 4.02. The van der Waals surface area contributed by atoms with Gasteiger partial charge in [-0.25, -0.2) is 0 Å². The molecule has 0 fully saturated rings. The predicted octanol–water partition coefficient (Wildman–Crippen LogP) is 3.17. The average molecular weight is 206 g/mol. The summed E-state index contributed by atoms with van der Waals surface area (Å²) in [5.41, 5.74) is 1.31. The van der Waals surface area contributed by atoms with Crippen LogP contribution in [0.5, 0.6) is 0 Å². The van der Waals surface area contributed by atoms with E-state index in [1.165, 1.54) is 18.4 Å². The molecule has 0 unspecified atom stereocenters. The lowest BCUT2D eigenvalue weighted by Gasteiger charge is -2.17. The molecule has 2 heteroatoms. The van der Waals surface area contributed by atoms with Gasteiger partial charge in [0.2, 0.25) is 0 Å². The number of pyridine rings is 1. The van der Waals surface area contributed by atoms with Crippen LogP contribution in [-0.2, 0) is 0 Å². The Bertz CT molecular complexity index is 258. The Morgan fingerprint density at radius 3 is 2.53 bits per heavy atom. The highest BCUT2D eigenvalue weighted by molar-refractivity contribution is 5.13. The van der Waals surface area contributed by atoms with Gasteiger partial charge in [0.25, 0.3) is 0 Å². The maximum Gasteiger partial charge on any atom is 0.0293 e. The smallest absolute Gasteiger partial charge is 0.0293 e. The van der Waals surface area contributed by atoms with Crippen LogP contribution in [0.25, 0.3) is 0 Å².